The number of aryl methyl sites for hydroxylation is 3. The number of rotatable bonds is 5. The Morgan fingerprint density at radius 2 is 1.93 bits per heavy atom. The molecule has 1 saturated heterocycles. The number of halogens is 1. The second-order valence-electron chi connectivity index (χ2n) is 8.75. The second-order valence-corrected chi connectivity index (χ2v) is 8.75. The molecule has 4 atom stereocenters. The number of piperidine rings is 1. The van der Waals surface area contributed by atoms with Crippen molar-refractivity contribution in [3.05, 3.63) is 63.1 Å². The number of quaternary nitrogens is 1. The number of nitrogens with one attached hydrogen (secondary N) is 1. The lowest BCUT2D eigenvalue weighted by molar-refractivity contribution is -0.914. The third-order valence-electron chi connectivity index (χ3n) is 6.22. The van der Waals surface area contributed by atoms with Gasteiger partial charge in [-0.3, -0.25) is 4.79 Å². The molecule has 0 radical (unpaired) electrons. The van der Waals surface area contributed by atoms with Gasteiger partial charge in [0.15, 0.2) is 0 Å². The Labute approximate surface area is 178 Å². The van der Waals surface area contributed by atoms with E-state index in [1.165, 1.54) is 10.5 Å². The van der Waals surface area contributed by atoms with Gasteiger partial charge < -0.3 is 31.7 Å². The maximum Gasteiger partial charge on any atom is 0.250 e. The van der Waals surface area contributed by atoms with E-state index in [0.717, 1.165) is 48.6 Å². The van der Waals surface area contributed by atoms with Gasteiger partial charge in [-0.2, -0.15) is 0 Å². The summed E-state index contributed by atoms with van der Waals surface area (Å²) in [4.78, 5) is 13.6. The van der Waals surface area contributed by atoms with Crippen molar-refractivity contribution in [1.29, 1.82) is 0 Å². The number of benzene rings is 1. The number of hydrogen-bond donors (Lipinski definition) is 2. The monoisotopic (exact) mass is 418 g/mol. The Morgan fingerprint density at radius 1 is 1.21 bits per heavy atom. The van der Waals surface area contributed by atoms with Gasteiger partial charge in [-0.1, -0.05) is 23.8 Å². The first kappa shape index (κ1) is 21.9. The summed E-state index contributed by atoms with van der Waals surface area (Å²) < 4.78 is 7.94. The summed E-state index contributed by atoms with van der Waals surface area (Å²) in [6.45, 7) is 9.99. The van der Waals surface area contributed by atoms with Crippen molar-refractivity contribution in [3.8, 4) is 5.75 Å². The van der Waals surface area contributed by atoms with Crippen molar-refractivity contribution >= 4 is 0 Å². The zero-order chi connectivity index (χ0) is 19.8. The lowest BCUT2D eigenvalue weighted by Crippen LogP contribution is -3.15. The van der Waals surface area contributed by atoms with E-state index in [0.29, 0.717) is 25.0 Å². The van der Waals surface area contributed by atoms with Gasteiger partial charge in [0, 0.05) is 30.1 Å². The highest BCUT2D eigenvalue weighted by molar-refractivity contribution is 5.42. The largest absolute Gasteiger partial charge is 1.00 e. The van der Waals surface area contributed by atoms with Crippen LogP contribution in [0.15, 0.2) is 35.1 Å². The average Bonchev–Trinajstić information content (AvgIpc) is 2.61. The molecule has 158 valence electrons. The van der Waals surface area contributed by atoms with Crippen LogP contribution in [0.4, 0.5) is 0 Å². The van der Waals surface area contributed by atoms with Crippen LogP contribution >= 0.6 is 0 Å². The topological polar surface area (TPSA) is 55.9 Å². The third-order valence-corrected chi connectivity index (χ3v) is 6.22. The van der Waals surface area contributed by atoms with Crippen molar-refractivity contribution in [2.24, 2.45) is 5.92 Å². The first-order chi connectivity index (χ1) is 13.4. The van der Waals surface area contributed by atoms with Gasteiger partial charge in [-0.15, -0.1) is 0 Å². The Kier molecular flexibility index (Phi) is 6.72. The molecule has 2 aliphatic rings. The first-order valence-electron chi connectivity index (χ1n) is 10.3. The summed E-state index contributed by atoms with van der Waals surface area (Å²) >= 11 is 0. The minimum Gasteiger partial charge on any atom is -1.00 e. The van der Waals surface area contributed by atoms with Crippen molar-refractivity contribution < 1.29 is 27.2 Å². The molecule has 29 heavy (non-hydrogen) atoms. The highest BCUT2D eigenvalue weighted by Gasteiger charge is 2.37. The van der Waals surface area contributed by atoms with Crippen LogP contribution in [0.25, 0.3) is 0 Å². The fraction of sp³-hybridized carbons (Fsp3) is 0.522. The van der Waals surface area contributed by atoms with E-state index < -0.39 is 6.10 Å². The van der Waals surface area contributed by atoms with Crippen LogP contribution in [0, 0.1) is 26.7 Å². The molecule has 3 heterocycles. The Balaban J connectivity index is 0.00000240. The van der Waals surface area contributed by atoms with Crippen molar-refractivity contribution in [2.45, 2.75) is 45.8 Å². The van der Waals surface area contributed by atoms with Crippen LogP contribution in [-0.2, 0) is 6.54 Å². The molecule has 0 spiro atoms. The number of aliphatic hydroxyl groups excluding tert-OH is 1. The number of aromatic nitrogens is 1. The molecule has 2 aromatic rings. The lowest BCUT2D eigenvalue weighted by atomic mass is 9.83. The molecule has 4 unspecified atom stereocenters. The predicted octanol–water partition coefficient (Wildman–Crippen LogP) is -1.78. The van der Waals surface area contributed by atoms with Crippen LogP contribution in [0.1, 0.15) is 34.7 Å². The van der Waals surface area contributed by atoms with Crippen molar-refractivity contribution in [1.82, 2.24) is 4.57 Å². The van der Waals surface area contributed by atoms with Crippen LogP contribution in [0.2, 0.25) is 0 Å². The quantitative estimate of drug-likeness (QED) is 0.603. The van der Waals surface area contributed by atoms with Crippen LogP contribution < -0.4 is 27.6 Å². The summed E-state index contributed by atoms with van der Waals surface area (Å²) in [5.74, 6) is 1.81. The molecule has 0 aliphatic carbocycles. The fourth-order valence-corrected chi connectivity index (χ4v) is 5.25. The zero-order valence-corrected chi connectivity index (χ0v) is 18.2. The minimum atomic E-state index is -0.494. The van der Waals surface area contributed by atoms with E-state index >= 15 is 0 Å². The number of pyridine rings is 1. The average molecular weight is 419 g/mol. The molecular formula is C23H31ClN2O3. The van der Waals surface area contributed by atoms with Crippen LogP contribution in [0.3, 0.4) is 0 Å². The third kappa shape index (κ3) is 4.68. The van der Waals surface area contributed by atoms with Crippen molar-refractivity contribution in [3.63, 3.8) is 0 Å². The molecule has 2 bridgehead atoms. The van der Waals surface area contributed by atoms with E-state index in [4.69, 9.17) is 4.74 Å². The normalized spacial score (nSPS) is 23.7. The number of aliphatic hydroxyl groups is 1. The maximum atomic E-state index is 12.1. The molecule has 0 saturated carbocycles. The molecule has 4 rings (SSSR count). The molecule has 6 heteroatoms. The van der Waals surface area contributed by atoms with E-state index in [-0.39, 0.29) is 18.0 Å². The van der Waals surface area contributed by atoms with E-state index in [2.05, 4.69) is 39.0 Å². The fourth-order valence-electron chi connectivity index (χ4n) is 5.25. The molecule has 1 aromatic heterocycles. The smallest absolute Gasteiger partial charge is 0.250 e. The number of likely N-dealkylation sites (tertiary alicyclic amines) is 1. The summed E-state index contributed by atoms with van der Waals surface area (Å²) in [7, 11) is 0. The SMILES string of the molecule is Cc1cc(C)c(OCC(O)C[NH+]2CC3CC(C2)c2cccc(=O)n2C3)c(C)c1.[Cl-]. The highest BCUT2D eigenvalue weighted by atomic mass is 35.5. The molecule has 0 amide bonds. The van der Waals surface area contributed by atoms with Gasteiger partial charge in [-0.05, 0) is 44.4 Å². The summed E-state index contributed by atoms with van der Waals surface area (Å²) in [5, 5.41) is 10.6. The van der Waals surface area contributed by atoms with E-state index in [1.807, 2.05) is 10.6 Å². The highest BCUT2D eigenvalue weighted by Crippen LogP contribution is 2.30. The summed E-state index contributed by atoms with van der Waals surface area (Å²) in [6.07, 6.45) is 0.660. The summed E-state index contributed by atoms with van der Waals surface area (Å²) in [6, 6.07) is 9.85. The van der Waals surface area contributed by atoms with Crippen LogP contribution in [0.5, 0.6) is 5.75 Å². The predicted molar refractivity (Wildman–Crippen MR) is 109 cm³/mol. The van der Waals surface area contributed by atoms with Gasteiger partial charge in [0.2, 0.25) is 0 Å². The van der Waals surface area contributed by atoms with Crippen molar-refractivity contribution in [2.75, 3.05) is 26.2 Å². The molecule has 1 fully saturated rings. The number of hydrogen-bond acceptors (Lipinski definition) is 3. The Hall–Kier alpha value is -1.82. The molecule has 5 nitrogen and oxygen atoms in total. The van der Waals surface area contributed by atoms with Gasteiger partial charge in [-0.25, -0.2) is 0 Å². The number of fused-ring (bicyclic) bond motifs is 4. The second kappa shape index (κ2) is 8.90. The summed E-state index contributed by atoms with van der Waals surface area (Å²) in [5.41, 5.74) is 4.75. The first-order valence-corrected chi connectivity index (χ1v) is 10.3. The Bertz CT molecular complexity index is 904. The zero-order valence-electron chi connectivity index (χ0n) is 17.5. The molecule has 2 aliphatic heterocycles. The molecule has 2 N–H and O–H groups in total. The van der Waals surface area contributed by atoms with E-state index in [1.54, 1.807) is 6.07 Å². The minimum absolute atomic E-state index is 0. The number of nitrogens with zero attached hydrogens (tertiary/aromatic N) is 1. The lowest BCUT2D eigenvalue weighted by Gasteiger charge is -2.40. The molecular weight excluding hydrogens is 388 g/mol. The number of ether oxygens (including phenoxy) is 1. The van der Waals surface area contributed by atoms with Gasteiger partial charge in [0.25, 0.3) is 5.56 Å². The maximum absolute atomic E-state index is 12.1. The molecule has 1 aromatic carbocycles. The van der Waals surface area contributed by atoms with Gasteiger partial charge in [0.1, 0.15) is 25.0 Å². The van der Waals surface area contributed by atoms with Gasteiger partial charge in [0.05, 0.1) is 13.1 Å². The Morgan fingerprint density at radius 3 is 2.66 bits per heavy atom. The van der Waals surface area contributed by atoms with Gasteiger partial charge >= 0.3 is 0 Å². The van der Waals surface area contributed by atoms with E-state index in [9.17, 15) is 9.90 Å². The van der Waals surface area contributed by atoms with Crippen LogP contribution in [-0.4, -0.2) is 42.0 Å². The standard InChI is InChI=1S/C23H30N2O3.ClH/c1-15-7-16(2)23(17(3)8-15)28-14-20(26)13-24-10-18-9-19(12-24)21-5-4-6-22(27)25(21)11-18;/h4-8,18-20,26H,9-14H2,1-3H3;1H.